The zero-order valence-corrected chi connectivity index (χ0v) is 11.6. The van der Waals surface area contributed by atoms with Gasteiger partial charge in [-0.05, 0) is 32.2 Å². The average molecular weight is 251 g/mol. The molecule has 18 heavy (non-hydrogen) atoms. The highest BCUT2D eigenvalue weighted by molar-refractivity contribution is 4.92. The number of aromatic nitrogens is 2. The lowest BCUT2D eigenvalue weighted by atomic mass is 9.95. The summed E-state index contributed by atoms with van der Waals surface area (Å²) in [4.78, 5) is 4.49. The molecule has 0 spiro atoms. The summed E-state index contributed by atoms with van der Waals surface area (Å²) in [5.41, 5.74) is 0. The summed E-state index contributed by atoms with van der Waals surface area (Å²) in [5.74, 6) is 2.45. The number of hydrogen-bond donors (Lipinski definition) is 1. The van der Waals surface area contributed by atoms with E-state index in [0.29, 0.717) is 6.04 Å². The van der Waals surface area contributed by atoms with Crippen molar-refractivity contribution >= 4 is 0 Å². The predicted octanol–water partition coefficient (Wildman–Crippen LogP) is 2.73. The third-order valence-electron chi connectivity index (χ3n) is 4.00. The number of nitrogens with one attached hydrogen (secondary N) is 1. The predicted molar refractivity (Wildman–Crippen MR) is 71.4 cm³/mol. The SMILES string of the molecule is CCCCc1noc(CC(NC)C2CCCC2)n1. The van der Waals surface area contributed by atoms with Crippen LogP contribution in [0.1, 0.15) is 57.2 Å². The highest BCUT2D eigenvalue weighted by Crippen LogP contribution is 2.28. The van der Waals surface area contributed by atoms with E-state index in [1.54, 1.807) is 0 Å². The normalized spacial score (nSPS) is 18.3. The Balaban J connectivity index is 1.88. The van der Waals surface area contributed by atoms with Gasteiger partial charge in [-0.1, -0.05) is 31.3 Å². The van der Waals surface area contributed by atoms with Crippen LogP contribution in [0.25, 0.3) is 0 Å². The van der Waals surface area contributed by atoms with Crippen molar-refractivity contribution in [1.29, 1.82) is 0 Å². The van der Waals surface area contributed by atoms with Crippen molar-refractivity contribution < 1.29 is 4.52 Å². The Morgan fingerprint density at radius 1 is 1.39 bits per heavy atom. The van der Waals surface area contributed by atoms with Crippen molar-refractivity contribution in [2.24, 2.45) is 5.92 Å². The molecule has 2 rings (SSSR count). The standard InChI is InChI=1S/C14H25N3O/c1-3-4-9-13-16-14(18-17-13)10-12(15-2)11-7-5-6-8-11/h11-12,15H,3-10H2,1-2H3. The third kappa shape index (κ3) is 3.55. The van der Waals surface area contributed by atoms with E-state index in [0.717, 1.165) is 36.9 Å². The smallest absolute Gasteiger partial charge is 0.228 e. The van der Waals surface area contributed by atoms with Crippen molar-refractivity contribution in [3.8, 4) is 0 Å². The average Bonchev–Trinajstić information content (AvgIpc) is 3.04. The minimum Gasteiger partial charge on any atom is -0.339 e. The van der Waals surface area contributed by atoms with E-state index in [-0.39, 0.29) is 0 Å². The molecule has 1 saturated carbocycles. The molecule has 1 aromatic heterocycles. The zero-order valence-electron chi connectivity index (χ0n) is 11.6. The van der Waals surface area contributed by atoms with Gasteiger partial charge in [0, 0.05) is 18.9 Å². The Morgan fingerprint density at radius 2 is 2.17 bits per heavy atom. The van der Waals surface area contributed by atoms with Gasteiger partial charge in [0.05, 0.1) is 0 Å². The second-order valence-electron chi connectivity index (χ2n) is 5.35. The highest BCUT2D eigenvalue weighted by atomic mass is 16.5. The molecule has 1 heterocycles. The van der Waals surface area contributed by atoms with Crippen molar-refractivity contribution in [3.63, 3.8) is 0 Å². The van der Waals surface area contributed by atoms with E-state index < -0.39 is 0 Å². The molecule has 102 valence electrons. The maximum atomic E-state index is 5.35. The fraction of sp³-hybridized carbons (Fsp3) is 0.857. The van der Waals surface area contributed by atoms with Crippen LogP contribution in [-0.4, -0.2) is 23.2 Å². The lowest BCUT2D eigenvalue weighted by molar-refractivity contribution is 0.317. The molecule has 0 aromatic carbocycles. The molecular weight excluding hydrogens is 226 g/mol. The lowest BCUT2D eigenvalue weighted by Crippen LogP contribution is -2.34. The van der Waals surface area contributed by atoms with Gasteiger partial charge in [-0.15, -0.1) is 0 Å². The van der Waals surface area contributed by atoms with Crippen molar-refractivity contribution in [2.45, 2.75) is 64.3 Å². The maximum Gasteiger partial charge on any atom is 0.228 e. The van der Waals surface area contributed by atoms with Crippen molar-refractivity contribution in [2.75, 3.05) is 7.05 Å². The monoisotopic (exact) mass is 251 g/mol. The van der Waals surface area contributed by atoms with Crippen molar-refractivity contribution in [1.82, 2.24) is 15.5 Å². The summed E-state index contributed by atoms with van der Waals surface area (Å²) in [7, 11) is 2.04. The minimum atomic E-state index is 0.493. The molecule has 0 bridgehead atoms. The van der Waals surface area contributed by atoms with Gasteiger partial charge in [0.15, 0.2) is 5.82 Å². The number of rotatable bonds is 7. The Hall–Kier alpha value is -0.900. The molecule has 4 nitrogen and oxygen atoms in total. The minimum absolute atomic E-state index is 0.493. The molecule has 1 aliphatic carbocycles. The third-order valence-corrected chi connectivity index (χ3v) is 4.00. The molecule has 1 N–H and O–H groups in total. The summed E-state index contributed by atoms with van der Waals surface area (Å²) >= 11 is 0. The number of nitrogens with zero attached hydrogens (tertiary/aromatic N) is 2. The summed E-state index contributed by atoms with van der Waals surface area (Å²) in [6, 6.07) is 0.493. The Morgan fingerprint density at radius 3 is 2.83 bits per heavy atom. The molecule has 4 heteroatoms. The van der Waals surface area contributed by atoms with Crippen LogP contribution in [0.3, 0.4) is 0 Å². The fourth-order valence-corrected chi connectivity index (χ4v) is 2.86. The molecule has 1 fully saturated rings. The molecule has 0 saturated heterocycles. The Labute approximate surface area is 110 Å². The van der Waals surface area contributed by atoms with E-state index in [9.17, 15) is 0 Å². The largest absolute Gasteiger partial charge is 0.339 e. The second kappa shape index (κ2) is 6.88. The number of hydrogen-bond acceptors (Lipinski definition) is 4. The van der Waals surface area contributed by atoms with E-state index >= 15 is 0 Å². The number of unbranched alkanes of at least 4 members (excludes halogenated alkanes) is 1. The van der Waals surface area contributed by atoms with Crippen LogP contribution in [0, 0.1) is 5.92 Å². The molecule has 1 aromatic rings. The first kappa shape index (κ1) is 13.5. The first-order valence-corrected chi connectivity index (χ1v) is 7.32. The van der Waals surface area contributed by atoms with Gasteiger partial charge in [0.1, 0.15) is 0 Å². The van der Waals surface area contributed by atoms with E-state index in [1.165, 1.54) is 32.1 Å². The summed E-state index contributed by atoms with van der Waals surface area (Å²) < 4.78 is 5.35. The Kier molecular flexibility index (Phi) is 5.17. The molecular formula is C14H25N3O. The van der Waals surface area contributed by atoms with Gasteiger partial charge in [0.25, 0.3) is 0 Å². The second-order valence-corrected chi connectivity index (χ2v) is 5.35. The van der Waals surface area contributed by atoms with Gasteiger partial charge in [0.2, 0.25) is 5.89 Å². The van der Waals surface area contributed by atoms with Gasteiger partial charge in [-0.25, -0.2) is 0 Å². The number of likely N-dealkylation sites (N-methyl/N-ethyl adjacent to an activating group) is 1. The van der Waals surface area contributed by atoms with E-state index in [4.69, 9.17) is 4.52 Å². The summed E-state index contributed by atoms with van der Waals surface area (Å²) in [5, 5.41) is 7.47. The lowest BCUT2D eigenvalue weighted by Gasteiger charge is -2.20. The van der Waals surface area contributed by atoms with Crippen LogP contribution in [-0.2, 0) is 12.8 Å². The van der Waals surface area contributed by atoms with Crippen LogP contribution in [0.15, 0.2) is 4.52 Å². The molecule has 0 amide bonds. The van der Waals surface area contributed by atoms with E-state index in [1.807, 2.05) is 7.05 Å². The van der Waals surface area contributed by atoms with Gasteiger partial charge < -0.3 is 9.84 Å². The molecule has 0 radical (unpaired) electrons. The van der Waals surface area contributed by atoms with Crippen molar-refractivity contribution in [3.05, 3.63) is 11.7 Å². The molecule has 1 unspecified atom stereocenters. The van der Waals surface area contributed by atoms with Gasteiger partial charge in [-0.3, -0.25) is 0 Å². The summed E-state index contributed by atoms with van der Waals surface area (Å²) in [6.07, 6.45) is 9.53. The Bertz CT molecular complexity index is 345. The fourth-order valence-electron chi connectivity index (χ4n) is 2.86. The number of aryl methyl sites for hydroxylation is 1. The summed E-state index contributed by atoms with van der Waals surface area (Å²) in [6.45, 7) is 2.18. The van der Waals surface area contributed by atoms with E-state index in [2.05, 4.69) is 22.4 Å². The van der Waals surface area contributed by atoms with Crippen LogP contribution in [0.4, 0.5) is 0 Å². The topological polar surface area (TPSA) is 51.0 Å². The quantitative estimate of drug-likeness (QED) is 0.809. The first-order valence-electron chi connectivity index (χ1n) is 7.32. The van der Waals surface area contributed by atoms with Crippen LogP contribution in [0.5, 0.6) is 0 Å². The highest BCUT2D eigenvalue weighted by Gasteiger charge is 2.25. The van der Waals surface area contributed by atoms with Crippen LogP contribution >= 0.6 is 0 Å². The van der Waals surface area contributed by atoms with Crippen LogP contribution < -0.4 is 5.32 Å². The molecule has 1 atom stereocenters. The first-order chi connectivity index (χ1) is 8.83. The maximum absolute atomic E-state index is 5.35. The van der Waals surface area contributed by atoms with Gasteiger partial charge >= 0.3 is 0 Å². The van der Waals surface area contributed by atoms with Gasteiger partial charge in [-0.2, -0.15) is 4.98 Å². The molecule has 0 aliphatic heterocycles. The zero-order chi connectivity index (χ0) is 12.8. The van der Waals surface area contributed by atoms with Crippen LogP contribution in [0.2, 0.25) is 0 Å². The molecule has 1 aliphatic rings.